The number of nitrogens with zero attached hydrogens (tertiary/aromatic N) is 2. The molecule has 2 rings (SSSR count). The average Bonchev–Trinajstić information content (AvgIpc) is 2.68. The first-order valence-corrected chi connectivity index (χ1v) is 6.61. The van der Waals surface area contributed by atoms with Gasteiger partial charge in [0.1, 0.15) is 11.6 Å². The van der Waals surface area contributed by atoms with Crippen molar-refractivity contribution in [1.29, 1.82) is 0 Å². The van der Waals surface area contributed by atoms with Gasteiger partial charge in [-0.1, -0.05) is 13.8 Å². The third-order valence-corrected chi connectivity index (χ3v) is 2.95. The number of aromatic nitrogens is 2. The maximum absolute atomic E-state index is 13.2. The summed E-state index contributed by atoms with van der Waals surface area (Å²) in [7, 11) is 0. The van der Waals surface area contributed by atoms with Crippen LogP contribution in [0.5, 0.6) is 0 Å². The molecule has 3 nitrogen and oxygen atoms in total. The number of hydrogen-bond donors (Lipinski definition) is 1. The minimum absolute atomic E-state index is 0.225. The van der Waals surface area contributed by atoms with Crippen molar-refractivity contribution in [3.63, 3.8) is 0 Å². The van der Waals surface area contributed by atoms with E-state index in [1.807, 2.05) is 6.07 Å². The summed E-state index contributed by atoms with van der Waals surface area (Å²) in [4.78, 5) is 4.52. The van der Waals surface area contributed by atoms with Gasteiger partial charge in [0.25, 0.3) is 0 Å². The summed E-state index contributed by atoms with van der Waals surface area (Å²) in [5.41, 5.74) is 1.77. The molecule has 1 N–H and O–H groups in total. The molecule has 18 heavy (non-hydrogen) atoms. The van der Waals surface area contributed by atoms with E-state index in [1.165, 1.54) is 12.1 Å². The van der Waals surface area contributed by atoms with Crippen LogP contribution in [0.3, 0.4) is 0 Å². The van der Waals surface area contributed by atoms with E-state index in [1.54, 1.807) is 0 Å². The first-order chi connectivity index (χ1) is 8.76. The van der Waals surface area contributed by atoms with Crippen LogP contribution in [0, 0.1) is 5.82 Å². The van der Waals surface area contributed by atoms with Gasteiger partial charge in [0.05, 0.1) is 17.6 Å². The van der Waals surface area contributed by atoms with Crippen LogP contribution in [-0.4, -0.2) is 16.1 Å². The van der Waals surface area contributed by atoms with Gasteiger partial charge < -0.3 is 9.88 Å². The summed E-state index contributed by atoms with van der Waals surface area (Å²) < 4.78 is 15.4. The summed E-state index contributed by atoms with van der Waals surface area (Å²) >= 11 is 0. The van der Waals surface area contributed by atoms with Crippen LogP contribution in [0.1, 0.15) is 32.5 Å². The van der Waals surface area contributed by atoms with E-state index in [0.29, 0.717) is 0 Å². The maximum atomic E-state index is 13.2. The molecule has 0 bridgehead atoms. The Kier molecular flexibility index (Phi) is 4.31. The number of hydrogen-bond acceptors (Lipinski definition) is 2. The SMILES string of the molecule is CCCNCc1nc2cc(F)ccc2n1CCC. The fraction of sp³-hybridized carbons (Fsp3) is 0.500. The zero-order chi connectivity index (χ0) is 13.0. The molecule has 0 unspecified atom stereocenters. The Morgan fingerprint density at radius 3 is 2.83 bits per heavy atom. The number of nitrogens with one attached hydrogen (secondary N) is 1. The summed E-state index contributed by atoms with van der Waals surface area (Å²) in [5.74, 6) is 0.766. The van der Waals surface area contributed by atoms with E-state index in [0.717, 1.165) is 49.3 Å². The van der Waals surface area contributed by atoms with Crippen LogP contribution >= 0.6 is 0 Å². The highest BCUT2D eigenvalue weighted by atomic mass is 19.1. The van der Waals surface area contributed by atoms with Gasteiger partial charge in [0.2, 0.25) is 0 Å². The lowest BCUT2D eigenvalue weighted by Gasteiger charge is -2.08. The quantitative estimate of drug-likeness (QED) is 0.797. The normalized spacial score (nSPS) is 11.3. The molecule has 2 aromatic rings. The van der Waals surface area contributed by atoms with Crippen molar-refractivity contribution in [3.05, 3.63) is 29.8 Å². The molecule has 0 fully saturated rings. The van der Waals surface area contributed by atoms with Crippen molar-refractivity contribution < 1.29 is 4.39 Å². The highest BCUT2D eigenvalue weighted by molar-refractivity contribution is 5.76. The number of benzene rings is 1. The lowest BCUT2D eigenvalue weighted by atomic mass is 10.3. The Morgan fingerprint density at radius 2 is 2.11 bits per heavy atom. The van der Waals surface area contributed by atoms with Gasteiger partial charge in [-0.25, -0.2) is 9.37 Å². The Hall–Kier alpha value is -1.42. The predicted octanol–water partition coefficient (Wildman–Crippen LogP) is 3.09. The van der Waals surface area contributed by atoms with Crippen LogP contribution in [0.15, 0.2) is 18.2 Å². The van der Waals surface area contributed by atoms with Crippen molar-refractivity contribution >= 4 is 11.0 Å². The molecule has 0 atom stereocenters. The van der Waals surface area contributed by atoms with Crippen LogP contribution in [0.2, 0.25) is 0 Å². The van der Waals surface area contributed by atoms with Gasteiger partial charge in [0, 0.05) is 12.6 Å². The highest BCUT2D eigenvalue weighted by Crippen LogP contribution is 2.18. The van der Waals surface area contributed by atoms with E-state index in [2.05, 4.69) is 28.7 Å². The molecule has 4 heteroatoms. The molecule has 0 aliphatic carbocycles. The highest BCUT2D eigenvalue weighted by Gasteiger charge is 2.10. The second-order valence-electron chi connectivity index (χ2n) is 4.49. The van der Waals surface area contributed by atoms with Crippen molar-refractivity contribution in [2.24, 2.45) is 0 Å². The molecule has 0 aliphatic rings. The minimum atomic E-state index is -0.225. The smallest absolute Gasteiger partial charge is 0.125 e. The molecule has 0 amide bonds. The number of fused-ring (bicyclic) bond motifs is 1. The molecule has 98 valence electrons. The molecule has 0 spiro atoms. The standard InChI is InChI=1S/C14H20FN3/c1-3-7-16-10-14-17-12-9-11(15)5-6-13(12)18(14)8-4-2/h5-6,9,16H,3-4,7-8,10H2,1-2H3. The number of imidazole rings is 1. The zero-order valence-electron chi connectivity index (χ0n) is 11.0. The van der Waals surface area contributed by atoms with Crippen molar-refractivity contribution in [1.82, 2.24) is 14.9 Å². The minimum Gasteiger partial charge on any atom is -0.327 e. The molecular weight excluding hydrogens is 229 g/mol. The van der Waals surface area contributed by atoms with E-state index in [-0.39, 0.29) is 5.82 Å². The molecule has 0 aliphatic heterocycles. The molecule has 1 aromatic carbocycles. The first kappa shape index (κ1) is 13.0. The summed E-state index contributed by atoms with van der Waals surface area (Å²) in [5, 5.41) is 3.35. The van der Waals surface area contributed by atoms with Gasteiger partial charge in [-0.15, -0.1) is 0 Å². The van der Waals surface area contributed by atoms with Crippen LogP contribution in [-0.2, 0) is 13.1 Å². The fourth-order valence-electron chi connectivity index (χ4n) is 2.14. The van der Waals surface area contributed by atoms with Gasteiger partial charge in [-0.3, -0.25) is 0 Å². The second kappa shape index (κ2) is 5.96. The number of aryl methyl sites for hydroxylation is 1. The van der Waals surface area contributed by atoms with Crippen molar-refractivity contribution in [2.45, 2.75) is 39.8 Å². The van der Waals surface area contributed by atoms with Crippen molar-refractivity contribution in [3.8, 4) is 0 Å². The van der Waals surface area contributed by atoms with E-state index < -0.39 is 0 Å². The van der Waals surface area contributed by atoms with Gasteiger partial charge >= 0.3 is 0 Å². The van der Waals surface area contributed by atoms with Crippen LogP contribution < -0.4 is 5.32 Å². The maximum Gasteiger partial charge on any atom is 0.125 e. The van der Waals surface area contributed by atoms with Gasteiger partial charge in [0.15, 0.2) is 0 Å². The predicted molar refractivity (Wildman–Crippen MR) is 72.0 cm³/mol. The second-order valence-corrected chi connectivity index (χ2v) is 4.49. The van der Waals surface area contributed by atoms with E-state index in [9.17, 15) is 4.39 Å². The van der Waals surface area contributed by atoms with E-state index >= 15 is 0 Å². The number of rotatable bonds is 6. The monoisotopic (exact) mass is 249 g/mol. The molecule has 1 heterocycles. The Bertz CT molecular complexity index is 519. The fourth-order valence-corrected chi connectivity index (χ4v) is 2.14. The van der Waals surface area contributed by atoms with Gasteiger partial charge in [-0.05, 0) is 31.5 Å². The van der Waals surface area contributed by atoms with Crippen LogP contribution in [0.25, 0.3) is 11.0 Å². The lowest BCUT2D eigenvalue weighted by molar-refractivity contribution is 0.595. The van der Waals surface area contributed by atoms with E-state index in [4.69, 9.17) is 0 Å². The Morgan fingerprint density at radius 1 is 1.28 bits per heavy atom. The molecule has 1 aromatic heterocycles. The average molecular weight is 249 g/mol. The van der Waals surface area contributed by atoms with Crippen LogP contribution in [0.4, 0.5) is 4.39 Å². The third-order valence-electron chi connectivity index (χ3n) is 2.95. The summed E-state index contributed by atoms with van der Waals surface area (Å²) in [6.45, 7) is 6.91. The molecule has 0 saturated heterocycles. The largest absolute Gasteiger partial charge is 0.327 e. The van der Waals surface area contributed by atoms with Gasteiger partial charge in [-0.2, -0.15) is 0 Å². The summed E-state index contributed by atoms with van der Waals surface area (Å²) in [6.07, 6.45) is 2.15. The number of halogens is 1. The molecule has 0 radical (unpaired) electrons. The molecular formula is C14H20FN3. The Balaban J connectivity index is 2.34. The summed E-state index contributed by atoms with van der Waals surface area (Å²) in [6, 6.07) is 4.82. The Labute approximate surface area is 107 Å². The van der Waals surface area contributed by atoms with Crippen molar-refractivity contribution in [2.75, 3.05) is 6.54 Å². The topological polar surface area (TPSA) is 29.9 Å². The first-order valence-electron chi connectivity index (χ1n) is 6.61. The molecule has 0 saturated carbocycles. The third kappa shape index (κ3) is 2.70. The zero-order valence-corrected chi connectivity index (χ0v) is 11.0. The lowest BCUT2D eigenvalue weighted by Crippen LogP contribution is -2.17.